The average molecular weight is 306 g/mol. The minimum Gasteiger partial charge on any atom is -0.393 e. The number of aliphatic hydroxyl groups is 3. The zero-order valence-corrected chi connectivity index (χ0v) is 13.8. The molecule has 0 aliphatic heterocycles. The van der Waals surface area contributed by atoms with E-state index in [2.05, 4.69) is 19.9 Å². The molecule has 3 saturated carbocycles. The monoisotopic (exact) mass is 306 g/mol. The molecule has 124 valence electrons. The second-order valence-corrected chi connectivity index (χ2v) is 8.82. The molecule has 4 aliphatic rings. The average Bonchev–Trinajstić information content (AvgIpc) is 2.70. The van der Waals surface area contributed by atoms with Gasteiger partial charge in [0.25, 0.3) is 0 Å². The van der Waals surface area contributed by atoms with E-state index in [1.54, 1.807) is 0 Å². The van der Waals surface area contributed by atoms with Gasteiger partial charge in [-0.15, -0.1) is 0 Å². The van der Waals surface area contributed by atoms with Crippen molar-refractivity contribution in [1.29, 1.82) is 0 Å². The lowest BCUT2D eigenvalue weighted by atomic mass is 9.52. The third-order valence-corrected chi connectivity index (χ3v) is 7.72. The second kappa shape index (κ2) is 5.06. The molecule has 0 bridgehead atoms. The van der Waals surface area contributed by atoms with Gasteiger partial charge in [-0.1, -0.05) is 25.5 Å². The molecule has 0 aromatic carbocycles. The lowest BCUT2D eigenvalue weighted by Gasteiger charge is -2.54. The van der Waals surface area contributed by atoms with Gasteiger partial charge in [-0.25, -0.2) is 0 Å². The predicted molar refractivity (Wildman–Crippen MR) is 85.0 cm³/mol. The Morgan fingerprint density at radius 1 is 1.14 bits per heavy atom. The van der Waals surface area contributed by atoms with Crippen LogP contribution in [0.3, 0.4) is 0 Å². The minimum atomic E-state index is -0.385. The highest BCUT2D eigenvalue weighted by Crippen LogP contribution is 2.62. The summed E-state index contributed by atoms with van der Waals surface area (Å²) >= 11 is 0. The van der Waals surface area contributed by atoms with Crippen molar-refractivity contribution >= 4 is 0 Å². The maximum absolute atomic E-state index is 10.8. The predicted octanol–water partition coefficient (Wildman–Crippen LogP) is 2.50. The Hall–Kier alpha value is -0.380. The van der Waals surface area contributed by atoms with Crippen LogP contribution in [0.4, 0.5) is 0 Å². The summed E-state index contributed by atoms with van der Waals surface area (Å²) in [5.74, 6) is 2.21. The van der Waals surface area contributed by atoms with Gasteiger partial charge in [-0.3, -0.25) is 0 Å². The summed E-state index contributed by atoms with van der Waals surface area (Å²) in [7, 11) is 0. The van der Waals surface area contributed by atoms with Crippen LogP contribution in [0, 0.1) is 35.0 Å². The third kappa shape index (κ3) is 1.98. The van der Waals surface area contributed by atoms with Crippen molar-refractivity contribution in [3.05, 3.63) is 11.6 Å². The van der Waals surface area contributed by atoms with Crippen molar-refractivity contribution in [3.63, 3.8) is 0 Å². The molecular weight excluding hydrogens is 276 g/mol. The first kappa shape index (κ1) is 15.2. The molecule has 4 rings (SSSR count). The van der Waals surface area contributed by atoms with Gasteiger partial charge < -0.3 is 15.3 Å². The van der Waals surface area contributed by atoms with Crippen molar-refractivity contribution in [3.8, 4) is 0 Å². The topological polar surface area (TPSA) is 60.7 Å². The van der Waals surface area contributed by atoms with Gasteiger partial charge in [-0.2, -0.15) is 0 Å². The fraction of sp³-hybridized carbons (Fsp3) is 0.895. The van der Waals surface area contributed by atoms with Crippen LogP contribution < -0.4 is 0 Å². The Labute approximate surface area is 133 Å². The number of fused-ring (bicyclic) bond motifs is 5. The van der Waals surface area contributed by atoms with Crippen molar-refractivity contribution < 1.29 is 15.3 Å². The number of rotatable bonds is 0. The summed E-state index contributed by atoms with van der Waals surface area (Å²) < 4.78 is 0. The van der Waals surface area contributed by atoms with Crippen LogP contribution in [0.1, 0.15) is 52.4 Å². The molecular formula is C19H30O3. The Bertz CT molecular complexity index is 487. The molecule has 3 heteroatoms. The summed E-state index contributed by atoms with van der Waals surface area (Å²) in [6.07, 6.45) is 7.24. The van der Waals surface area contributed by atoms with E-state index >= 15 is 0 Å². The Kier molecular flexibility index (Phi) is 3.49. The first-order valence-corrected chi connectivity index (χ1v) is 9.16. The van der Waals surface area contributed by atoms with Gasteiger partial charge in [0.1, 0.15) is 0 Å². The highest BCUT2D eigenvalue weighted by Gasteiger charge is 2.59. The summed E-state index contributed by atoms with van der Waals surface area (Å²) in [6.45, 7) is 4.41. The maximum atomic E-state index is 10.8. The van der Waals surface area contributed by atoms with Gasteiger partial charge in [-0.05, 0) is 73.5 Å². The van der Waals surface area contributed by atoms with Crippen molar-refractivity contribution in [2.24, 2.45) is 35.0 Å². The van der Waals surface area contributed by atoms with Crippen LogP contribution >= 0.6 is 0 Å². The molecule has 0 aromatic rings. The first-order chi connectivity index (χ1) is 10.4. The fourth-order valence-electron chi connectivity index (χ4n) is 6.62. The summed E-state index contributed by atoms with van der Waals surface area (Å²) in [5.41, 5.74) is 1.30. The number of hydrogen-bond donors (Lipinski definition) is 3. The fourth-order valence-corrected chi connectivity index (χ4v) is 6.62. The summed E-state index contributed by atoms with van der Waals surface area (Å²) in [5, 5.41) is 31.4. The van der Waals surface area contributed by atoms with E-state index in [1.807, 2.05) is 0 Å². The standard InChI is InChI=1S/C19H30O3/c1-10-7-15-17-14(5-6-19(15,2)18(10)22)13-4-3-12(20)8-11(13)9-16(17)21/h9-10,12-18,20-22H,3-8H2,1-2H3/t10-,12+,13+,14?,15?,16?,17?,18-,19+/m1/s1. The molecule has 0 radical (unpaired) electrons. The van der Waals surface area contributed by atoms with Crippen molar-refractivity contribution in [2.45, 2.75) is 70.7 Å². The maximum Gasteiger partial charge on any atom is 0.0757 e. The van der Waals surface area contributed by atoms with Crippen LogP contribution in [0.5, 0.6) is 0 Å². The molecule has 0 heterocycles. The van der Waals surface area contributed by atoms with Gasteiger partial charge in [0.05, 0.1) is 18.3 Å². The van der Waals surface area contributed by atoms with E-state index in [-0.39, 0.29) is 23.7 Å². The van der Waals surface area contributed by atoms with Crippen LogP contribution in [-0.2, 0) is 0 Å². The zero-order valence-electron chi connectivity index (χ0n) is 13.8. The molecule has 3 fully saturated rings. The third-order valence-electron chi connectivity index (χ3n) is 7.72. The van der Waals surface area contributed by atoms with Crippen LogP contribution in [0.25, 0.3) is 0 Å². The van der Waals surface area contributed by atoms with Crippen molar-refractivity contribution in [2.75, 3.05) is 0 Å². The highest BCUT2D eigenvalue weighted by molar-refractivity contribution is 5.23. The van der Waals surface area contributed by atoms with Gasteiger partial charge in [0, 0.05) is 0 Å². The Balaban J connectivity index is 1.68. The Morgan fingerprint density at radius 3 is 2.68 bits per heavy atom. The lowest BCUT2D eigenvalue weighted by molar-refractivity contribution is -0.0870. The van der Waals surface area contributed by atoms with E-state index < -0.39 is 0 Å². The normalized spacial score (nSPS) is 57.6. The van der Waals surface area contributed by atoms with Crippen molar-refractivity contribution in [1.82, 2.24) is 0 Å². The van der Waals surface area contributed by atoms with E-state index in [1.165, 1.54) is 5.57 Å². The zero-order chi connectivity index (χ0) is 15.6. The number of hydrogen-bond acceptors (Lipinski definition) is 3. The van der Waals surface area contributed by atoms with E-state index in [4.69, 9.17) is 0 Å². The molecule has 4 unspecified atom stereocenters. The molecule has 22 heavy (non-hydrogen) atoms. The quantitative estimate of drug-likeness (QED) is 0.603. The Morgan fingerprint density at radius 2 is 1.91 bits per heavy atom. The van der Waals surface area contributed by atoms with E-state index in [0.29, 0.717) is 29.6 Å². The minimum absolute atomic E-state index is 0.0128. The second-order valence-electron chi connectivity index (χ2n) is 8.82. The highest BCUT2D eigenvalue weighted by atomic mass is 16.3. The summed E-state index contributed by atoms with van der Waals surface area (Å²) in [6, 6.07) is 0. The number of aliphatic hydroxyl groups excluding tert-OH is 3. The smallest absolute Gasteiger partial charge is 0.0757 e. The van der Waals surface area contributed by atoms with Crippen LogP contribution in [0.15, 0.2) is 11.6 Å². The van der Waals surface area contributed by atoms with Gasteiger partial charge in [0.2, 0.25) is 0 Å². The molecule has 4 aliphatic carbocycles. The van der Waals surface area contributed by atoms with Gasteiger partial charge in [0.15, 0.2) is 0 Å². The van der Waals surface area contributed by atoms with Crippen LogP contribution in [0.2, 0.25) is 0 Å². The molecule has 0 saturated heterocycles. The summed E-state index contributed by atoms with van der Waals surface area (Å²) in [4.78, 5) is 0. The molecule has 0 amide bonds. The molecule has 0 aromatic heterocycles. The lowest BCUT2D eigenvalue weighted by Crippen LogP contribution is -2.51. The molecule has 3 nitrogen and oxygen atoms in total. The van der Waals surface area contributed by atoms with E-state index in [9.17, 15) is 15.3 Å². The SMILES string of the molecule is C[C@@H]1CC2C3C(O)C=C4C[C@@H](O)CC[C@@H]4C3CC[C@]2(C)[C@@H]1O. The first-order valence-electron chi connectivity index (χ1n) is 9.16. The van der Waals surface area contributed by atoms with Gasteiger partial charge >= 0.3 is 0 Å². The largest absolute Gasteiger partial charge is 0.393 e. The van der Waals surface area contributed by atoms with Crippen LogP contribution in [-0.4, -0.2) is 33.6 Å². The van der Waals surface area contributed by atoms with E-state index in [0.717, 1.165) is 38.5 Å². The molecule has 9 atom stereocenters. The molecule has 0 spiro atoms. The molecule has 3 N–H and O–H groups in total.